The normalized spacial score (nSPS) is 13.7. The predicted octanol–water partition coefficient (Wildman–Crippen LogP) is 14.0. The molecule has 0 N–H and O–H groups in total. The number of benzene rings is 8. The van der Waals surface area contributed by atoms with Gasteiger partial charge in [0.05, 0.1) is 32.2 Å². The maximum absolute atomic E-state index is 5.00. The zero-order valence-electron chi connectivity index (χ0n) is 31.1. The van der Waals surface area contributed by atoms with Crippen molar-refractivity contribution in [2.24, 2.45) is 0 Å². The first-order valence-electron chi connectivity index (χ1n) is 20.0. The van der Waals surface area contributed by atoms with E-state index >= 15 is 0 Å². The highest BCUT2D eigenvalue weighted by molar-refractivity contribution is 7.26. The molecule has 14 rings (SSSR count). The maximum Gasteiger partial charge on any atom is 0.124 e. The quantitative estimate of drug-likeness (QED) is 0.172. The summed E-state index contributed by atoms with van der Waals surface area (Å²) in [5, 5.41) is 7.51. The fourth-order valence-corrected chi connectivity index (χ4v) is 12.3. The largest absolute Gasteiger partial charge is 0.309 e. The van der Waals surface area contributed by atoms with Crippen molar-refractivity contribution >= 4 is 75.3 Å². The van der Waals surface area contributed by atoms with E-state index in [9.17, 15) is 0 Å². The number of rotatable bonds is 2. The molecule has 8 aromatic carbocycles. The van der Waals surface area contributed by atoms with Crippen LogP contribution in [0.1, 0.15) is 22.3 Å². The number of nitrogens with zero attached hydrogens (tertiary/aromatic N) is 3. The van der Waals surface area contributed by atoms with E-state index in [4.69, 9.17) is 4.98 Å². The average molecular weight is 754 g/mol. The Hall–Kier alpha value is -7.27. The minimum atomic E-state index is -0.433. The molecule has 0 atom stereocenters. The summed E-state index contributed by atoms with van der Waals surface area (Å²) < 4.78 is 6.33. The number of aromatic nitrogens is 3. The topological polar surface area (TPSA) is 22.8 Å². The Morgan fingerprint density at radius 3 is 1.60 bits per heavy atom. The third kappa shape index (κ3) is 3.59. The molecular formula is C54H31N3S. The lowest BCUT2D eigenvalue weighted by Gasteiger charge is -2.30. The lowest BCUT2D eigenvalue weighted by atomic mass is 9.70. The molecule has 0 bridgehead atoms. The van der Waals surface area contributed by atoms with Crippen LogP contribution in [0.4, 0.5) is 0 Å². The first-order chi connectivity index (χ1) is 28.8. The van der Waals surface area contributed by atoms with Gasteiger partial charge in [-0.05, 0) is 93.0 Å². The molecule has 4 heterocycles. The van der Waals surface area contributed by atoms with Crippen LogP contribution in [0, 0.1) is 0 Å². The van der Waals surface area contributed by atoms with Crippen LogP contribution >= 0.6 is 11.3 Å². The lowest BCUT2D eigenvalue weighted by Crippen LogP contribution is -2.26. The van der Waals surface area contributed by atoms with Gasteiger partial charge in [-0.1, -0.05) is 133 Å². The van der Waals surface area contributed by atoms with Gasteiger partial charge in [-0.15, -0.1) is 11.3 Å². The van der Waals surface area contributed by atoms with Crippen molar-refractivity contribution in [3.05, 3.63) is 210 Å². The first-order valence-corrected chi connectivity index (χ1v) is 20.8. The van der Waals surface area contributed by atoms with Crippen molar-refractivity contribution in [2.75, 3.05) is 0 Å². The molecule has 0 fully saturated rings. The smallest absolute Gasteiger partial charge is 0.124 e. The van der Waals surface area contributed by atoms with E-state index in [1.807, 2.05) is 17.5 Å². The fourth-order valence-electron chi connectivity index (χ4n) is 11.1. The predicted molar refractivity (Wildman–Crippen MR) is 242 cm³/mol. The molecule has 0 unspecified atom stereocenters. The van der Waals surface area contributed by atoms with E-state index in [1.54, 1.807) is 0 Å². The molecule has 4 heteroatoms. The summed E-state index contributed by atoms with van der Waals surface area (Å²) in [7, 11) is 0. The van der Waals surface area contributed by atoms with Crippen LogP contribution in [-0.4, -0.2) is 14.1 Å². The second kappa shape index (κ2) is 11.0. The minimum Gasteiger partial charge on any atom is -0.309 e. The second-order valence-corrected chi connectivity index (χ2v) is 16.8. The maximum atomic E-state index is 5.00. The van der Waals surface area contributed by atoms with Crippen LogP contribution in [0.2, 0.25) is 0 Å². The number of hydrogen-bond donors (Lipinski definition) is 0. The van der Waals surface area contributed by atoms with Crippen LogP contribution in [0.15, 0.2) is 188 Å². The Labute approximate surface area is 337 Å². The molecular weight excluding hydrogens is 723 g/mol. The van der Waals surface area contributed by atoms with Gasteiger partial charge in [0.25, 0.3) is 0 Å². The summed E-state index contributed by atoms with van der Waals surface area (Å²) in [6, 6.07) is 67.7. The number of fused-ring (bicyclic) bond motifs is 22. The highest BCUT2D eigenvalue weighted by atomic mass is 32.1. The van der Waals surface area contributed by atoms with E-state index in [0.717, 1.165) is 16.2 Å². The monoisotopic (exact) mass is 753 g/mol. The number of pyridine rings is 1. The van der Waals surface area contributed by atoms with Crippen LogP contribution in [0.3, 0.4) is 0 Å². The van der Waals surface area contributed by atoms with Crippen molar-refractivity contribution in [1.82, 2.24) is 14.1 Å². The first kappa shape index (κ1) is 30.9. The Morgan fingerprint density at radius 1 is 0.397 bits per heavy atom. The van der Waals surface area contributed by atoms with Gasteiger partial charge in [-0.3, -0.25) is 0 Å². The molecule has 268 valence electrons. The van der Waals surface area contributed by atoms with Gasteiger partial charge >= 0.3 is 0 Å². The van der Waals surface area contributed by atoms with Crippen LogP contribution < -0.4 is 0 Å². The molecule has 0 saturated heterocycles. The summed E-state index contributed by atoms with van der Waals surface area (Å²) in [6.45, 7) is 0. The van der Waals surface area contributed by atoms with Crippen LogP contribution in [0.5, 0.6) is 0 Å². The van der Waals surface area contributed by atoms with Crippen molar-refractivity contribution in [3.8, 4) is 33.6 Å². The zero-order chi connectivity index (χ0) is 37.7. The van der Waals surface area contributed by atoms with Gasteiger partial charge in [-0.2, -0.15) is 0 Å². The molecule has 3 nitrogen and oxygen atoms in total. The Kier molecular flexibility index (Phi) is 5.85. The van der Waals surface area contributed by atoms with E-state index in [1.165, 1.54) is 104 Å². The molecule has 0 radical (unpaired) electrons. The summed E-state index contributed by atoms with van der Waals surface area (Å²) in [5.41, 5.74) is 17.4. The highest BCUT2D eigenvalue weighted by Crippen LogP contribution is 2.63. The van der Waals surface area contributed by atoms with E-state index in [0.29, 0.717) is 0 Å². The van der Waals surface area contributed by atoms with Crippen molar-refractivity contribution in [1.29, 1.82) is 0 Å². The molecule has 12 aromatic rings. The lowest BCUT2D eigenvalue weighted by molar-refractivity contribution is 0.792. The minimum absolute atomic E-state index is 0.433. The molecule has 0 amide bonds. The summed E-state index contributed by atoms with van der Waals surface area (Å²) in [5.74, 6) is 0. The molecule has 0 saturated carbocycles. The van der Waals surface area contributed by atoms with Crippen molar-refractivity contribution in [2.45, 2.75) is 5.41 Å². The van der Waals surface area contributed by atoms with Gasteiger partial charge < -0.3 is 9.13 Å². The molecule has 2 aliphatic rings. The Morgan fingerprint density at radius 2 is 0.931 bits per heavy atom. The third-order valence-electron chi connectivity index (χ3n) is 13.2. The molecule has 1 spiro atoms. The van der Waals surface area contributed by atoms with E-state index < -0.39 is 5.41 Å². The van der Waals surface area contributed by atoms with Gasteiger partial charge in [0.15, 0.2) is 0 Å². The molecule has 58 heavy (non-hydrogen) atoms. The number of hydrogen-bond acceptors (Lipinski definition) is 2. The standard InChI is InChI=1S/C54H31N3S/c1-2-15-32(16-3-1)56-45-26-12-7-20-38(45)47-48-40-22-14-30-55-53(40)58-52(48)51-49(50(47)56)39-21-8-13-27-46(39)57(51)33-28-29-37-36-19-6-11-25-43(36)54(44(37)31-33)41-23-9-4-17-34(41)35-18-5-10-24-42(35)54/h1-31H. The highest BCUT2D eigenvalue weighted by Gasteiger charge is 2.51. The molecule has 4 aromatic heterocycles. The van der Waals surface area contributed by atoms with Gasteiger partial charge in [0.2, 0.25) is 0 Å². The van der Waals surface area contributed by atoms with Gasteiger partial charge in [0, 0.05) is 49.9 Å². The molecule has 2 aliphatic carbocycles. The Bertz CT molecular complexity index is 3690. The molecule has 0 aliphatic heterocycles. The Balaban J connectivity index is 1.19. The van der Waals surface area contributed by atoms with Crippen molar-refractivity contribution < 1.29 is 0 Å². The zero-order valence-corrected chi connectivity index (χ0v) is 32.0. The van der Waals surface area contributed by atoms with Gasteiger partial charge in [-0.25, -0.2) is 4.98 Å². The number of thiophene rings is 1. The van der Waals surface area contributed by atoms with Crippen LogP contribution in [-0.2, 0) is 5.41 Å². The number of para-hydroxylation sites is 3. The second-order valence-electron chi connectivity index (χ2n) is 15.8. The van der Waals surface area contributed by atoms with E-state index in [-0.39, 0.29) is 0 Å². The van der Waals surface area contributed by atoms with Crippen LogP contribution in [0.25, 0.3) is 97.5 Å². The summed E-state index contributed by atoms with van der Waals surface area (Å²) in [6.07, 6.45) is 1.93. The average Bonchev–Trinajstić information content (AvgIpc) is 4.07. The third-order valence-corrected chi connectivity index (χ3v) is 14.3. The fraction of sp³-hybridized carbons (Fsp3) is 0.0185. The van der Waals surface area contributed by atoms with Gasteiger partial charge in [0.1, 0.15) is 4.83 Å². The SMILES string of the molecule is c1ccc(-n2c3ccccc3c3c4c5cccnc5sc4c4c(c5ccccc5n4-c4ccc5c(c4)C4(c6ccccc6-c6ccccc64)c4ccccc4-5)c32)cc1. The van der Waals surface area contributed by atoms with Crippen molar-refractivity contribution in [3.63, 3.8) is 0 Å². The van der Waals surface area contributed by atoms with E-state index in [2.05, 4.69) is 191 Å². The summed E-state index contributed by atoms with van der Waals surface area (Å²) in [4.78, 5) is 6.05. The summed E-state index contributed by atoms with van der Waals surface area (Å²) >= 11 is 1.82.